The molecule has 0 aliphatic carbocycles. The van der Waals surface area contributed by atoms with Gasteiger partial charge in [-0.1, -0.05) is 5.21 Å². The lowest BCUT2D eigenvalue weighted by atomic mass is 10.3. The first-order valence-corrected chi connectivity index (χ1v) is 4.32. The zero-order chi connectivity index (χ0) is 9.97. The van der Waals surface area contributed by atoms with Crippen LogP contribution in [0.1, 0.15) is 24.5 Å². The highest BCUT2D eigenvalue weighted by atomic mass is 16.3. The molecule has 0 fully saturated rings. The summed E-state index contributed by atoms with van der Waals surface area (Å²) in [4.78, 5) is 7.03. The number of aliphatic hydroxyl groups is 1. The van der Waals surface area contributed by atoms with E-state index in [2.05, 4.69) is 20.3 Å². The van der Waals surface area contributed by atoms with E-state index in [1.165, 1.54) is 0 Å². The molecule has 0 spiro atoms. The lowest BCUT2D eigenvalue weighted by Gasteiger charge is -2.05. The Labute approximate surface area is 80.6 Å². The second-order valence-corrected chi connectivity index (χ2v) is 3.03. The van der Waals surface area contributed by atoms with Crippen molar-refractivity contribution in [1.82, 2.24) is 25.0 Å². The molecule has 0 saturated carbocycles. The molecule has 0 amide bonds. The molecular formula is C8H11N5O. The number of rotatable bonds is 3. The first kappa shape index (κ1) is 8.89. The number of nitrogens with one attached hydrogen (secondary N) is 1. The van der Waals surface area contributed by atoms with E-state index in [1.807, 2.05) is 0 Å². The normalized spacial score (nSPS) is 13.0. The van der Waals surface area contributed by atoms with E-state index in [0.29, 0.717) is 12.2 Å². The van der Waals surface area contributed by atoms with Crippen LogP contribution in [0.5, 0.6) is 0 Å². The third kappa shape index (κ3) is 1.64. The Balaban J connectivity index is 2.21. The van der Waals surface area contributed by atoms with Crippen molar-refractivity contribution >= 4 is 0 Å². The molecule has 2 heterocycles. The number of aromatic amines is 1. The van der Waals surface area contributed by atoms with Crippen LogP contribution in [-0.2, 0) is 6.54 Å². The fourth-order valence-electron chi connectivity index (χ4n) is 1.24. The van der Waals surface area contributed by atoms with Gasteiger partial charge in [0.05, 0.1) is 18.0 Å². The number of imidazole rings is 1. The lowest BCUT2D eigenvalue weighted by Crippen LogP contribution is -2.09. The van der Waals surface area contributed by atoms with Crippen molar-refractivity contribution in [3.05, 3.63) is 30.1 Å². The zero-order valence-corrected chi connectivity index (χ0v) is 7.75. The Hall–Kier alpha value is -1.69. The smallest absolute Gasteiger partial charge is 0.127 e. The number of aliphatic hydroxyl groups excluding tert-OH is 1. The maximum Gasteiger partial charge on any atom is 0.127 e. The van der Waals surface area contributed by atoms with E-state index in [0.717, 1.165) is 5.82 Å². The molecule has 0 saturated heterocycles. The molecule has 1 unspecified atom stereocenters. The van der Waals surface area contributed by atoms with E-state index < -0.39 is 6.10 Å². The van der Waals surface area contributed by atoms with Gasteiger partial charge in [0.15, 0.2) is 0 Å². The standard InChI is InChI=1S/C8H11N5O/c1-6(14)7-4-11-12-13(7)5-8-9-2-3-10-8/h2-4,6,14H,5H2,1H3,(H,9,10). The second kappa shape index (κ2) is 3.59. The van der Waals surface area contributed by atoms with Gasteiger partial charge in [-0.3, -0.25) is 0 Å². The number of nitrogens with zero attached hydrogens (tertiary/aromatic N) is 4. The molecule has 0 bridgehead atoms. The first-order valence-electron chi connectivity index (χ1n) is 4.32. The Kier molecular flexibility index (Phi) is 2.28. The Morgan fingerprint density at radius 3 is 3.14 bits per heavy atom. The van der Waals surface area contributed by atoms with Gasteiger partial charge in [0.2, 0.25) is 0 Å². The summed E-state index contributed by atoms with van der Waals surface area (Å²) in [5.41, 5.74) is 0.682. The van der Waals surface area contributed by atoms with Crippen molar-refractivity contribution in [3.63, 3.8) is 0 Å². The molecule has 2 N–H and O–H groups in total. The van der Waals surface area contributed by atoms with Gasteiger partial charge in [0, 0.05) is 12.4 Å². The largest absolute Gasteiger partial charge is 0.387 e. The van der Waals surface area contributed by atoms with Crippen molar-refractivity contribution in [2.75, 3.05) is 0 Å². The van der Waals surface area contributed by atoms with Gasteiger partial charge < -0.3 is 10.1 Å². The van der Waals surface area contributed by atoms with Crippen LogP contribution in [0.2, 0.25) is 0 Å². The average molecular weight is 193 g/mol. The summed E-state index contributed by atoms with van der Waals surface area (Å²) in [6, 6.07) is 0. The molecule has 1 atom stereocenters. The van der Waals surface area contributed by atoms with Crippen molar-refractivity contribution in [2.45, 2.75) is 19.6 Å². The highest BCUT2D eigenvalue weighted by molar-refractivity contribution is 5.00. The molecule has 0 aromatic carbocycles. The van der Waals surface area contributed by atoms with Crippen LogP contribution >= 0.6 is 0 Å². The molecule has 6 heteroatoms. The summed E-state index contributed by atoms with van der Waals surface area (Å²) in [6.07, 6.45) is 4.40. The number of hydrogen-bond donors (Lipinski definition) is 2. The number of aromatic nitrogens is 5. The third-order valence-electron chi connectivity index (χ3n) is 1.93. The van der Waals surface area contributed by atoms with Gasteiger partial charge in [-0.25, -0.2) is 9.67 Å². The Bertz CT molecular complexity index is 392. The summed E-state index contributed by atoms with van der Waals surface area (Å²) in [6.45, 7) is 2.17. The van der Waals surface area contributed by atoms with Crippen LogP contribution in [0.4, 0.5) is 0 Å². The maximum absolute atomic E-state index is 9.39. The van der Waals surface area contributed by atoms with Gasteiger partial charge in [-0.15, -0.1) is 5.10 Å². The van der Waals surface area contributed by atoms with Crippen LogP contribution in [0, 0.1) is 0 Å². The zero-order valence-electron chi connectivity index (χ0n) is 7.75. The monoisotopic (exact) mass is 193 g/mol. The highest BCUT2D eigenvalue weighted by Crippen LogP contribution is 2.09. The number of hydrogen-bond acceptors (Lipinski definition) is 4. The predicted molar refractivity (Wildman–Crippen MR) is 48.3 cm³/mol. The van der Waals surface area contributed by atoms with Crippen molar-refractivity contribution in [2.24, 2.45) is 0 Å². The second-order valence-electron chi connectivity index (χ2n) is 3.03. The van der Waals surface area contributed by atoms with Crippen LogP contribution in [-0.4, -0.2) is 30.1 Å². The van der Waals surface area contributed by atoms with E-state index in [-0.39, 0.29) is 0 Å². The highest BCUT2D eigenvalue weighted by Gasteiger charge is 2.09. The summed E-state index contributed by atoms with van der Waals surface area (Å²) in [5, 5.41) is 17.0. The third-order valence-corrected chi connectivity index (χ3v) is 1.93. The molecule has 2 aromatic heterocycles. The number of H-pyrrole nitrogens is 1. The molecule has 0 radical (unpaired) electrons. The van der Waals surface area contributed by atoms with Crippen LogP contribution in [0.15, 0.2) is 18.6 Å². The van der Waals surface area contributed by atoms with Gasteiger partial charge in [0.25, 0.3) is 0 Å². The molecule has 2 aromatic rings. The predicted octanol–water partition coefficient (Wildman–Crippen LogP) is 0.103. The van der Waals surface area contributed by atoms with Gasteiger partial charge in [-0.05, 0) is 6.92 Å². The first-order chi connectivity index (χ1) is 6.77. The van der Waals surface area contributed by atoms with Gasteiger partial charge >= 0.3 is 0 Å². The van der Waals surface area contributed by atoms with Gasteiger partial charge in [-0.2, -0.15) is 0 Å². The Morgan fingerprint density at radius 1 is 1.64 bits per heavy atom. The molecule has 2 rings (SSSR count). The van der Waals surface area contributed by atoms with Crippen molar-refractivity contribution < 1.29 is 5.11 Å². The van der Waals surface area contributed by atoms with E-state index in [9.17, 15) is 5.11 Å². The molecule has 0 aliphatic heterocycles. The fourth-order valence-corrected chi connectivity index (χ4v) is 1.24. The SMILES string of the molecule is CC(O)c1cnnn1Cc1ncc[nH]1. The van der Waals surface area contributed by atoms with E-state index in [4.69, 9.17) is 0 Å². The summed E-state index contributed by atoms with van der Waals surface area (Å²) in [5.74, 6) is 0.789. The average Bonchev–Trinajstić information content (AvgIpc) is 2.75. The van der Waals surface area contributed by atoms with Crippen LogP contribution in [0.3, 0.4) is 0 Å². The summed E-state index contributed by atoms with van der Waals surface area (Å²) in [7, 11) is 0. The summed E-state index contributed by atoms with van der Waals surface area (Å²) < 4.78 is 1.61. The molecule has 6 nitrogen and oxygen atoms in total. The minimum absolute atomic E-state index is 0.493. The van der Waals surface area contributed by atoms with Crippen molar-refractivity contribution in [3.8, 4) is 0 Å². The summed E-state index contributed by atoms with van der Waals surface area (Å²) >= 11 is 0. The van der Waals surface area contributed by atoms with E-state index in [1.54, 1.807) is 30.2 Å². The van der Waals surface area contributed by atoms with Crippen molar-refractivity contribution in [1.29, 1.82) is 0 Å². The molecular weight excluding hydrogens is 182 g/mol. The molecule has 14 heavy (non-hydrogen) atoms. The maximum atomic E-state index is 9.39. The lowest BCUT2D eigenvalue weighted by molar-refractivity contribution is 0.187. The van der Waals surface area contributed by atoms with Crippen LogP contribution in [0.25, 0.3) is 0 Å². The van der Waals surface area contributed by atoms with Crippen LogP contribution < -0.4 is 0 Å². The minimum Gasteiger partial charge on any atom is -0.387 e. The minimum atomic E-state index is -0.569. The quantitative estimate of drug-likeness (QED) is 0.724. The van der Waals surface area contributed by atoms with E-state index >= 15 is 0 Å². The fraction of sp³-hybridized carbons (Fsp3) is 0.375. The topological polar surface area (TPSA) is 79.6 Å². The van der Waals surface area contributed by atoms with Gasteiger partial charge in [0.1, 0.15) is 12.4 Å². The Morgan fingerprint density at radius 2 is 2.50 bits per heavy atom. The molecule has 74 valence electrons. The molecule has 0 aliphatic rings.